The Hall–Kier alpha value is -0.790. The Labute approximate surface area is 83.7 Å². The summed E-state index contributed by atoms with van der Waals surface area (Å²) in [6.45, 7) is 7.44. The third-order valence-corrected chi connectivity index (χ3v) is 2.23. The van der Waals surface area contributed by atoms with Crippen LogP contribution in [-0.2, 0) is 0 Å². The normalized spacial score (nSPS) is 12.6. The van der Waals surface area contributed by atoms with E-state index in [9.17, 15) is 5.11 Å². The summed E-state index contributed by atoms with van der Waals surface area (Å²) in [5.74, 6) is 0. The van der Waals surface area contributed by atoms with Crippen LogP contribution in [0.2, 0.25) is 5.02 Å². The van der Waals surface area contributed by atoms with E-state index in [1.54, 1.807) is 13.0 Å². The van der Waals surface area contributed by atoms with Crippen molar-refractivity contribution < 1.29 is 5.11 Å². The molecule has 1 aromatic rings. The first-order valence-corrected chi connectivity index (χ1v) is 4.49. The van der Waals surface area contributed by atoms with E-state index in [1.807, 2.05) is 19.1 Å². The van der Waals surface area contributed by atoms with Gasteiger partial charge in [-0.3, -0.25) is 0 Å². The molecule has 0 bridgehead atoms. The molecule has 1 rings (SSSR count). The first-order chi connectivity index (χ1) is 6.02. The zero-order chi connectivity index (χ0) is 10.0. The van der Waals surface area contributed by atoms with E-state index in [-0.39, 0.29) is 0 Å². The molecular weight excluding hydrogens is 184 g/mol. The maximum atomic E-state index is 9.73. The average Bonchev–Trinajstić information content (AvgIpc) is 2.03. The van der Waals surface area contributed by atoms with Gasteiger partial charge in [-0.1, -0.05) is 24.2 Å². The van der Waals surface area contributed by atoms with Gasteiger partial charge < -0.3 is 5.11 Å². The molecule has 1 nitrogen and oxygen atoms in total. The first-order valence-electron chi connectivity index (χ1n) is 4.12. The lowest BCUT2D eigenvalue weighted by Crippen LogP contribution is -2.00. The number of rotatable bonds is 2. The highest BCUT2D eigenvalue weighted by atomic mass is 35.5. The molecule has 1 atom stereocenters. The summed E-state index contributed by atoms with van der Waals surface area (Å²) in [6, 6.07) is 5.44. The lowest BCUT2D eigenvalue weighted by Gasteiger charge is -2.13. The molecule has 1 aromatic carbocycles. The Bertz CT molecular complexity index is 331. The van der Waals surface area contributed by atoms with Gasteiger partial charge in [-0.25, -0.2) is 0 Å². The topological polar surface area (TPSA) is 20.2 Å². The van der Waals surface area contributed by atoms with Crippen LogP contribution < -0.4 is 0 Å². The van der Waals surface area contributed by atoms with Crippen LogP contribution >= 0.6 is 11.6 Å². The molecule has 0 aliphatic heterocycles. The SMILES string of the molecule is C=C(C)C(O)c1ccc(Cl)cc1C. The zero-order valence-corrected chi connectivity index (χ0v) is 8.60. The largest absolute Gasteiger partial charge is 0.384 e. The predicted molar refractivity (Wildman–Crippen MR) is 56.0 cm³/mol. The van der Waals surface area contributed by atoms with Crippen molar-refractivity contribution in [1.29, 1.82) is 0 Å². The molecule has 0 radical (unpaired) electrons. The minimum Gasteiger partial charge on any atom is -0.384 e. The lowest BCUT2D eigenvalue weighted by molar-refractivity contribution is 0.215. The number of halogens is 1. The molecule has 13 heavy (non-hydrogen) atoms. The summed E-state index contributed by atoms with van der Waals surface area (Å²) in [5.41, 5.74) is 2.60. The van der Waals surface area contributed by atoms with Crippen LogP contribution in [-0.4, -0.2) is 5.11 Å². The van der Waals surface area contributed by atoms with E-state index in [4.69, 9.17) is 11.6 Å². The second-order valence-corrected chi connectivity index (χ2v) is 3.69. The molecule has 0 aromatic heterocycles. The fourth-order valence-corrected chi connectivity index (χ4v) is 1.44. The molecule has 2 heteroatoms. The van der Waals surface area contributed by atoms with Gasteiger partial charge in [0, 0.05) is 5.02 Å². The first kappa shape index (κ1) is 10.3. The van der Waals surface area contributed by atoms with Gasteiger partial charge in [-0.2, -0.15) is 0 Å². The van der Waals surface area contributed by atoms with E-state index in [0.29, 0.717) is 5.02 Å². The highest BCUT2D eigenvalue weighted by molar-refractivity contribution is 6.30. The number of aliphatic hydroxyl groups excluding tert-OH is 1. The third kappa shape index (κ3) is 2.33. The number of hydrogen-bond acceptors (Lipinski definition) is 1. The van der Waals surface area contributed by atoms with E-state index < -0.39 is 6.10 Å². The van der Waals surface area contributed by atoms with E-state index in [2.05, 4.69) is 6.58 Å². The van der Waals surface area contributed by atoms with Gasteiger partial charge in [0.15, 0.2) is 0 Å². The van der Waals surface area contributed by atoms with Gasteiger partial charge in [-0.15, -0.1) is 0 Å². The Morgan fingerprint density at radius 3 is 2.62 bits per heavy atom. The summed E-state index contributed by atoms with van der Waals surface area (Å²) >= 11 is 5.80. The Kier molecular flexibility index (Phi) is 3.12. The van der Waals surface area contributed by atoms with Crippen molar-refractivity contribution in [2.45, 2.75) is 20.0 Å². The molecule has 0 saturated carbocycles. The molecule has 1 N–H and O–H groups in total. The van der Waals surface area contributed by atoms with E-state index in [1.165, 1.54) is 0 Å². The molecule has 0 fully saturated rings. The van der Waals surface area contributed by atoms with Crippen LogP contribution in [0.5, 0.6) is 0 Å². The molecule has 0 aliphatic rings. The van der Waals surface area contributed by atoms with Crippen LogP contribution in [0.4, 0.5) is 0 Å². The molecule has 0 heterocycles. The number of benzene rings is 1. The summed E-state index contributed by atoms with van der Waals surface area (Å²) in [7, 11) is 0. The fraction of sp³-hybridized carbons (Fsp3) is 0.273. The van der Waals surface area contributed by atoms with Gasteiger partial charge in [0.25, 0.3) is 0 Å². The molecule has 1 unspecified atom stereocenters. The average molecular weight is 197 g/mol. The van der Waals surface area contributed by atoms with Gasteiger partial charge >= 0.3 is 0 Å². The van der Waals surface area contributed by atoms with Crippen LogP contribution in [0.25, 0.3) is 0 Å². The van der Waals surface area contributed by atoms with Crippen LogP contribution in [0.1, 0.15) is 24.2 Å². The van der Waals surface area contributed by atoms with Crippen molar-refractivity contribution in [3.05, 3.63) is 46.5 Å². The van der Waals surface area contributed by atoms with Crippen LogP contribution in [0.15, 0.2) is 30.4 Å². The Morgan fingerprint density at radius 2 is 2.15 bits per heavy atom. The predicted octanol–water partition coefficient (Wildman–Crippen LogP) is 3.26. The molecule has 0 aliphatic carbocycles. The Balaban J connectivity index is 3.08. The lowest BCUT2D eigenvalue weighted by atomic mass is 9.99. The number of hydrogen-bond donors (Lipinski definition) is 1. The third-order valence-electron chi connectivity index (χ3n) is 1.99. The van der Waals surface area contributed by atoms with Crippen LogP contribution in [0.3, 0.4) is 0 Å². The van der Waals surface area contributed by atoms with Gasteiger partial charge in [0.2, 0.25) is 0 Å². The van der Waals surface area contributed by atoms with Crippen molar-refractivity contribution in [3.8, 4) is 0 Å². The van der Waals surface area contributed by atoms with Crippen molar-refractivity contribution in [3.63, 3.8) is 0 Å². The maximum absolute atomic E-state index is 9.73. The standard InChI is InChI=1S/C11H13ClO/c1-7(2)11(13)10-5-4-9(12)6-8(10)3/h4-6,11,13H,1H2,2-3H3. The monoisotopic (exact) mass is 196 g/mol. The fourth-order valence-electron chi connectivity index (χ4n) is 1.21. The van der Waals surface area contributed by atoms with Gasteiger partial charge in [0.05, 0.1) is 6.10 Å². The summed E-state index contributed by atoms with van der Waals surface area (Å²) in [6.07, 6.45) is -0.586. The van der Waals surface area contributed by atoms with Gasteiger partial charge in [0.1, 0.15) is 0 Å². The minimum absolute atomic E-state index is 0.586. The zero-order valence-electron chi connectivity index (χ0n) is 7.84. The van der Waals surface area contributed by atoms with E-state index >= 15 is 0 Å². The quantitative estimate of drug-likeness (QED) is 0.720. The second kappa shape index (κ2) is 3.95. The summed E-state index contributed by atoms with van der Waals surface area (Å²) < 4.78 is 0. The van der Waals surface area contributed by atoms with Crippen molar-refractivity contribution in [1.82, 2.24) is 0 Å². The minimum atomic E-state index is -0.586. The van der Waals surface area contributed by atoms with Crippen molar-refractivity contribution in [2.24, 2.45) is 0 Å². The highest BCUT2D eigenvalue weighted by Gasteiger charge is 2.10. The van der Waals surface area contributed by atoms with Gasteiger partial charge in [-0.05, 0) is 42.7 Å². The Morgan fingerprint density at radius 1 is 1.54 bits per heavy atom. The highest BCUT2D eigenvalue weighted by Crippen LogP contribution is 2.25. The maximum Gasteiger partial charge on any atom is 0.0998 e. The number of aryl methyl sites for hydroxylation is 1. The second-order valence-electron chi connectivity index (χ2n) is 3.25. The summed E-state index contributed by atoms with van der Waals surface area (Å²) in [5, 5.41) is 10.4. The molecule has 0 saturated heterocycles. The molecule has 0 amide bonds. The van der Waals surface area contributed by atoms with Crippen LogP contribution in [0, 0.1) is 6.92 Å². The molecular formula is C11H13ClO. The van der Waals surface area contributed by atoms with Crippen molar-refractivity contribution in [2.75, 3.05) is 0 Å². The molecule has 0 spiro atoms. The molecule has 70 valence electrons. The van der Waals surface area contributed by atoms with E-state index in [0.717, 1.165) is 16.7 Å². The smallest absolute Gasteiger partial charge is 0.0998 e. The summed E-state index contributed by atoms with van der Waals surface area (Å²) in [4.78, 5) is 0. The number of aliphatic hydroxyl groups is 1. The van der Waals surface area contributed by atoms with Crippen molar-refractivity contribution >= 4 is 11.6 Å².